The number of hydrogen-bond acceptors (Lipinski definition) is 6. The van der Waals surface area contributed by atoms with Crippen LogP contribution in [0.5, 0.6) is 0 Å². The van der Waals surface area contributed by atoms with Gasteiger partial charge in [-0.05, 0) is 55.4 Å². The Morgan fingerprint density at radius 1 is 0.820 bits per heavy atom. The summed E-state index contributed by atoms with van der Waals surface area (Å²) in [7, 11) is 0. The Morgan fingerprint density at radius 3 is 2.12 bits per heavy atom. The molecular weight excluding hydrogens is 801 g/mol. The molecule has 265 valence electrons. The van der Waals surface area contributed by atoms with E-state index in [9.17, 15) is 9.90 Å². The molecule has 6 nitrogen and oxygen atoms in total. The van der Waals surface area contributed by atoms with Crippen molar-refractivity contribution in [3.63, 3.8) is 0 Å². The van der Waals surface area contributed by atoms with Gasteiger partial charge in [-0.2, -0.15) is 0 Å². The van der Waals surface area contributed by atoms with E-state index >= 15 is 0 Å². The Morgan fingerprint density at radius 2 is 1.46 bits per heavy atom. The van der Waals surface area contributed by atoms with Crippen LogP contribution in [0.1, 0.15) is 93.6 Å². The van der Waals surface area contributed by atoms with Crippen LogP contribution in [0, 0.1) is 16.9 Å². The summed E-state index contributed by atoms with van der Waals surface area (Å²) in [6.07, 6.45) is 9.98. The van der Waals surface area contributed by atoms with Gasteiger partial charge in [0.05, 0.1) is 6.26 Å². The van der Waals surface area contributed by atoms with Crippen LogP contribution < -0.4 is 0 Å². The number of ketones is 1. The molecule has 4 heterocycles. The normalized spacial score (nSPS) is 12.5. The molecule has 0 aliphatic rings. The number of carbonyl (C=O) groups is 1. The smallest absolute Gasteiger partial charge is 0.164 e. The van der Waals surface area contributed by atoms with Crippen molar-refractivity contribution in [1.82, 2.24) is 9.97 Å². The maximum Gasteiger partial charge on any atom is 0.164 e. The van der Waals surface area contributed by atoms with Crippen LogP contribution in [0.4, 0.5) is 0 Å². The molecule has 0 saturated carbocycles. The molecule has 0 spiro atoms. The zero-order chi connectivity index (χ0) is 35.6. The Hall–Kier alpha value is -4.06. The molecular formula is C43H49IrN2O4-. The molecule has 0 unspecified atom stereocenters. The Balaban J connectivity index is 0.000000269. The fourth-order valence-corrected chi connectivity index (χ4v) is 6.03. The number of aliphatic hydroxyl groups excluding tert-OH is 1. The number of allylic oxidation sites excluding steroid dienone is 2. The Kier molecular flexibility index (Phi) is 12.0. The van der Waals surface area contributed by atoms with Gasteiger partial charge in [-0.1, -0.05) is 91.5 Å². The number of aromatic nitrogens is 2. The van der Waals surface area contributed by atoms with E-state index in [-0.39, 0.29) is 47.9 Å². The fraction of sp³-hybridized carbons (Fsp3) is 0.372. The standard InChI is InChI=1S/C28H21N2O2.C15H28O2.Ir/c1-28(2,3)22-15-19(14-17-6-4-5-7-20(17)22)25-27-18(8-11-29-25)16-24(32-27)26-21-10-13-31-23(21)9-12-30-26;1-7-14(5,8-2)12(16)11-13(17)15(6,9-3)10-4;/h4-13,15-16H,1-3H3;11,16H,7-10H2,1-6H3;/q-1;;/b;12-11-;. The third-order valence-electron chi connectivity index (χ3n) is 10.5. The number of furan rings is 2. The molecule has 0 atom stereocenters. The van der Waals surface area contributed by atoms with Crippen LogP contribution in [0.3, 0.4) is 0 Å². The number of nitrogens with zero attached hydrogens (tertiary/aromatic N) is 2. The predicted molar refractivity (Wildman–Crippen MR) is 201 cm³/mol. The van der Waals surface area contributed by atoms with Crippen LogP contribution in [0.15, 0.2) is 93.9 Å². The minimum atomic E-state index is -0.337. The van der Waals surface area contributed by atoms with Crippen molar-refractivity contribution in [3.05, 3.63) is 96.7 Å². The van der Waals surface area contributed by atoms with E-state index in [0.717, 1.165) is 70.0 Å². The first-order valence-electron chi connectivity index (χ1n) is 17.4. The topological polar surface area (TPSA) is 89.4 Å². The second-order valence-electron chi connectivity index (χ2n) is 14.5. The van der Waals surface area contributed by atoms with E-state index in [4.69, 9.17) is 13.8 Å². The van der Waals surface area contributed by atoms with Gasteiger partial charge in [-0.3, -0.25) is 14.8 Å². The van der Waals surface area contributed by atoms with Crippen LogP contribution in [-0.2, 0) is 30.3 Å². The average molecular weight is 850 g/mol. The molecule has 6 rings (SSSR count). The van der Waals surface area contributed by atoms with Crippen LogP contribution >= 0.6 is 0 Å². The average Bonchev–Trinajstić information content (AvgIpc) is 3.78. The number of benzene rings is 2. The number of aliphatic hydroxyl groups is 1. The Bertz CT molecular complexity index is 2120. The number of rotatable bonds is 9. The van der Waals surface area contributed by atoms with Crippen molar-refractivity contribution < 1.29 is 38.8 Å². The predicted octanol–water partition coefficient (Wildman–Crippen LogP) is 12.2. The molecule has 4 aromatic heterocycles. The van der Waals surface area contributed by atoms with Gasteiger partial charge in [0.1, 0.15) is 22.6 Å². The molecule has 0 amide bonds. The summed E-state index contributed by atoms with van der Waals surface area (Å²) in [5.41, 5.74) is 4.62. The third kappa shape index (κ3) is 7.65. The van der Waals surface area contributed by atoms with Gasteiger partial charge in [0.25, 0.3) is 0 Å². The molecule has 1 radical (unpaired) electrons. The summed E-state index contributed by atoms with van der Waals surface area (Å²) in [5.74, 6) is 0.979. The van der Waals surface area contributed by atoms with Crippen molar-refractivity contribution in [1.29, 1.82) is 0 Å². The van der Waals surface area contributed by atoms with Crippen molar-refractivity contribution in [2.75, 3.05) is 0 Å². The fourth-order valence-electron chi connectivity index (χ4n) is 6.03. The zero-order valence-electron chi connectivity index (χ0n) is 30.7. The monoisotopic (exact) mass is 850 g/mol. The molecule has 6 aromatic rings. The molecule has 2 aromatic carbocycles. The van der Waals surface area contributed by atoms with Crippen molar-refractivity contribution >= 4 is 38.5 Å². The largest absolute Gasteiger partial charge is 0.512 e. The molecule has 0 saturated heterocycles. The first kappa shape index (κ1) is 38.7. The molecule has 0 aliphatic carbocycles. The van der Waals surface area contributed by atoms with Gasteiger partial charge < -0.3 is 13.9 Å². The summed E-state index contributed by atoms with van der Waals surface area (Å²) in [6, 6.07) is 21.9. The molecule has 1 N–H and O–H groups in total. The van der Waals surface area contributed by atoms with Crippen molar-refractivity contribution in [2.45, 2.75) is 93.4 Å². The SMILES string of the molecule is CC(C)(C)c1cc(-c2nccc3cc(-c4nccc5occc45)oc23)[c-]c2ccccc12.CCC(C)(CC)C(=O)/C=C(\O)C(C)(CC)CC.[Ir]. The summed E-state index contributed by atoms with van der Waals surface area (Å²) < 4.78 is 11.9. The number of fused-ring (bicyclic) bond motifs is 3. The molecule has 0 fully saturated rings. The van der Waals surface area contributed by atoms with Crippen LogP contribution in [0.2, 0.25) is 0 Å². The second-order valence-corrected chi connectivity index (χ2v) is 14.5. The van der Waals surface area contributed by atoms with E-state index in [1.54, 1.807) is 12.5 Å². The minimum absolute atomic E-state index is 0. The third-order valence-corrected chi connectivity index (χ3v) is 10.5. The molecule has 0 bridgehead atoms. The van der Waals surface area contributed by atoms with Crippen molar-refractivity contribution in [3.8, 4) is 22.7 Å². The first-order valence-corrected chi connectivity index (χ1v) is 17.4. The maximum absolute atomic E-state index is 12.2. The zero-order valence-corrected chi connectivity index (χ0v) is 33.1. The van der Waals surface area contributed by atoms with Gasteiger partial charge in [-0.25, -0.2) is 0 Å². The Labute approximate surface area is 309 Å². The molecule has 50 heavy (non-hydrogen) atoms. The summed E-state index contributed by atoms with van der Waals surface area (Å²) in [5, 5.41) is 14.3. The van der Waals surface area contributed by atoms with Gasteiger partial charge >= 0.3 is 0 Å². The van der Waals surface area contributed by atoms with Gasteiger partial charge in [0, 0.05) is 65.9 Å². The van der Waals surface area contributed by atoms with Crippen LogP contribution in [0.25, 0.3) is 55.4 Å². The number of hydrogen-bond donors (Lipinski definition) is 1. The summed E-state index contributed by atoms with van der Waals surface area (Å²) in [4.78, 5) is 21.4. The summed E-state index contributed by atoms with van der Waals surface area (Å²) >= 11 is 0. The van der Waals surface area contributed by atoms with E-state index < -0.39 is 0 Å². The van der Waals surface area contributed by atoms with Crippen molar-refractivity contribution in [2.24, 2.45) is 10.8 Å². The number of pyridine rings is 2. The van der Waals surface area contributed by atoms with E-state index in [1.807, 2.05) is 78.1 Å². The van der Waals surface area contributed by atoms with Gasteiger partial charge in [0.2, 0.25) is 0 Å². The van der Waals surface area contributed by atoms with Gasteiger partial charge in [-0.15, -0.1) is 29.1 Å². The second kappa shape index (κ2) is 15.4. The van der Waals surface area contributed by atoms with Gasteiger partial charge in [0.15, 0.2) is 11.5 Å². The first-order chi connectivity index (χ1) is 23.3. The minimum Gasteiger partial charge on any atom is -0.512 e. The maximum atomic E-state index is 12.2. The van der Waals surface area contributed by atoms with Crippen LogP contribution in [-0.4, -0.2) is 20.9 Å². The number of carbonyl (C=O) groups excluding carboxylic acids is 1. The summed E-state index contributed by atoms with van der Waals surface area (Å²) in [6.45, 7) is 18.8. The quantitative estimate of drug-likeness (QED) is 0.0885. The molecule has 7 heteroatoms. The van der Waals surface area contributed by atoms with E-state index in [0.29, 0.717) is 5.76 Å². The van der Waals surface area contributed by atoms with E-state index in [1.165, 1.54) is 17.0 Å². The van der Waals surface area contributed by atoms with E-state index in [2.05, 4.69) is 56.1 Å². The molecule has 0 aliphatic heterocycles.